The Balaban J connectivity index is 0.00000484. The molecule has 1 N–H and O–H groups in total. The third-order valence-electron chi connectivity index (χ3n) is 3.48. The maximum atomic E-state index is 12.1. The van der Waals surface area contributed by atoms with Gasteiger partial charge in [-0.2, -0.15) is 0 Å². The number of nitrogens with zero attached hydrogens (tertiary/aromatic N) is 1. The first-order chi connectivity index (χ1) is 10.6. The van der Waals surface area contributed by atoms with Crippen molar-refractivity contribution in [3.63, 3.8) is 0 Å². The molecule has 1 rings (SSSR count). The quantitative estimate of drug-likeness (QED) is 0.738. The Morgan fingerprint density at radius 3 is 2.13 bits per heavy atom. The molecule has 0 fully saturated rings. The van der Waals surface area contributed by atoms with Crippen molar-refractivity contribution >= 4 is 18.3 Å². The Morgan fingerprint density at radius 1 is 1.13 bits per heavy atom. The third kappa shape index (κ3) is 6.15. The molecule has 1 aromatic rings. The highest BCUT2D eigenvalue weighted by Gasteiger charge is 2.14. The average molecular weight is 347 g/mol. The summed E-state index contributed by atoms with van der Waals surface area (Å²) in [4.78, 5) is 13.8. The van der Waals surface area contributed by atoms with Gasteiger partial charge in [0.2, 0.25) is 11.7 Å². The van der Waals surface area contributed by atoms with E-state index in [-0.39, 0.29) is 18.3 Å². The lowest BCUT2D eigenvalue weighted by Gasteiger charge is -2.17. The highest BCUT2D eigenvalue weighted by Crippen LogP contribution is 2.38. The van der Waals surface area contributed by atoms with Crippen LogP contribution in [0.4, 0.5) is 0 Å². The monoisotopic (exact) mass is 346 g/mol. The van der Waals surface area contributed by atoms with Crippen LogP contribution in [0.2, 0.25) is 0 Å². The second-order valence-electron chi connectivity index (χ2n) is 4.95. The molecular weight excluding hydrogens is 320 g/mol. The van der Waals surface area contributed by atoms with Crippen molar-refractivity contribution in [1.82, 2.24) is 10.2 Å². The summed E-state index contributed by atoms with van der Waals surface area (Å²) >= 11 is 0. The Bertz CT molecular complexity index is 472. The fourth-order valence-electron chi connectivity index (χ4n) is 2.13. The predicted octanol–water partition coefficient (Wildman–Crippen LogP) is 1.74. The Labute approximate surface area is 144 Å². The first kappa shape index (κ1) is 21.3. The molecule has 0 aliphatic rings. The zero-order valence-corrected chi connectivity index (χ0v) is 15.3. The number of methoxy groups -OCH3 is 3. The van der Waals surface area contributed by atoms with Crippen LogP contribution in [0.3, 0.4) is 0 Å². The van der Waals surface area contributed by atoms with Crippen molar-refractivity contribution in [2.45, 2.75) is 12.8 Å². The number of likely N-dealkylation sites (N-methyl/N-ethyl adjacent to an activating group) is 2. The van der Waals surface area contributed by atoms with Crippen LogP contribution in [0.5, 0.6) is 17.2 Å². The van der Waals surface area contributed by atoms with Gasteiger partial charge in [-0.05, 0) is 31.2 Å². The molecule has 0 saturated heterocycles. The van der Waals surface area contributed by atoms with Crippen LogP contribution in [-0.2, 0) is 11.2 Å². The summed E-state index contributed by atoms with van der Waals surface area (Å²) < 4.78 is 15.9. The molecule has 6 nitrogen and oxygen atoms in total. The largest absolute Gasteiger partial charge is 0.493 e. The van der Waals surface area contributed by atoms with Crippen LogP contribution in [0.15, 0.2) is 12.1 Å². The van der Waals surface area contributed by atoms with Gasteiger partial charge in [-0.15, -0.1) is 12.4 Å². The molecule has 7 heteroatoms. The van der Waals surface area contributed by atoms with Crippen molar-refractivity contribution in [3.8, 4) is 17.2 Å². The lowest BCUT2D eigenvalue weighted by Crippen LogP contribution is -2.32. The second-order valence-corrected chi connectivity index (χ2v) is 4.95. The van der Waals surface area contributed by atoms with Gasteiger partial charge in [0.15, 0.2) is 11.5 Å². The van der Waals surface area contributed by atoms with Crippen molar-refractivity contribution in [3.05, 3.63) is 17.7 Å². The molecule has 23 heavy (non-hydrogen) atoms. The van der Waals surface area contributed by atoms with Gasteiger partial charge in [-0.25, -0.2) is 0 Å². The van der Waals surface area contributed by atoms with Gasteiger partial charge < -0.3 is 24.4 Å². The molecule has 0 saturated carbocycles. The minimum atomic E-state index is 0. The van der Waals surface area contributed by atoms with Crippen LogP contribution in [0, 0.1) is 0 Å². The zero-order valence-electron chi connectivity index (χ0n) is 14.5. The first-order valence-corrected chi connectivity index (χ1v) is 7.24. The Kier molecular flexibility index (Phi) is 10.2. The average Bonchev–Trinajstić information content (AvgIpc) is 2.55. The van der Waals surface area contributed by atoms with Crippen molar-refractivity contribution in [2.24, 2.45) is 0 Å². The number of carbonyl (C=O) groups is 1. The summed E-state index contributed by atoms with van der Waals surface area (Å²) in [6, 6.07) is 3.75. The van der Waals surface area contributed by atoms with Crippen LogP contribution in [0.25, 0.3) is 0 Å². The van der Waals surface area contributed by atoms with Crippen molar-refractivity contribution in [1.29, 1.82) is 0 Å². The number of carbonyl (C=O) groups excluding carboxylic acids is 1. The van der Waals surface area contributed by atoms with Gasteiger partial charge in [-0.1, -0.05) is 0 Å². The summed E-state index contributed by atoms with van der Waals surface area (Å²) in [5.41, 5.74) is 0.977. The SMILES string of the molecule is CNCCN(C)C(=O)CCc1cc(OC)c(OC)c(OC)c1.Cl. The molecule has 0 unspecified atom stereocenters. The van der Waals surface area contributed by atoms with Crippen LogP contribution in [-0.4, -0.2) is 59.3 Å². The van der Waals surface area contributed by atoms with Gasteiger partial charge in [0.1, 0.15) is 0 Å². The number of halogens is 1. The standard InChI is InChI=1S/C16H26N2O4.ClH/c1-17-8-9-18(2)15(19)7-6-12-10-13(20-3)16(22-5)14(11-12)21-4;/h10-11,17H,6-9H2,1-5H3;1H. The van der Waals surface area contributed by atoms with E-state index in [9.17, 15) is 4.79 Å². The molecule has 0 aliphatic heterocycles. The van der Waals surface area contributed by atoms with E-state index in [1.807, 2.05) is 26.2 Å². The van der Waals surface area contributed by atoms with Crippen LogP contribution >= 0.6 is 12.4 Å². The van der Waals surface area contributed by atoms with Crippen molar-refractivity contribution < 1.29 is 19.0 Å². The molecule has 0 heterocycles. The number of benzene rings is 1. The van der Waals surface area contributed by atoms with Crippen LogP contribution in [0.1, 0.15) is 12.0 Å². The summed E-state index contributed by atoms with van der Waals surface area (Å²) in [6.45, 7) is 1.48. The number of nitrogens with one attached hydrogen (secondary N) is 1. The number of aryl methyl sites for hydroxylation is 1. The topological polar surface area (TPSA) is 60.0 Å². The maximum absolute atomic E-state index is 12.1. The Hall–Kier alpha value is -1.66. The Morgan fingerprint density at radius 2 is 1.70 bits per heavy atom. The summed E-state index contributed by atoms with van der Waals surface area (Å²) in [7, 11) is 8.42. The molecule has 1 aromatic carbocycles. The predicted molar refractivity (Wildman–Crippen MR) is 93.2 cm³/mol. The highest BCUT2D eigenvalue weighted by atomic mass is 35.5. The van der Waals surface area contributed by atoms with Gasteiger partial charge in [-0.3, -0.25) is 4.79 Å². The lowest BCUT2D eigenvalue weighted by atomic mass is 10.1. The van der Waals surface area contributed by atoms with E-state index in [2.05, 4.69) is 5.32 Å². The lowest BCUT2D eigenvalue weighted by molar-refractivity contribution is -0.129. The van der Waals surface area contributed by atoms with Gasteiger partial charge in [0, 0.05) is 26.6 Å². The molecule has 132 valence electrons. The minimum Gasteiger partial charge on any atom is -0.493 e. The molecule has 0 spiro atoms. The first-order valence-electron chi connectivity index (χ1n) is 7.24. The fraction of sp³-hybridized carbons (Fsp3) is 0.562. The van der Waals surface area contributed by atoms with E-state index in [0.717, 1.165) is 12.1 Å². The van der Waals surface area contributed by atoms with Crippen molar-refractivity contribution in [2.75, 3.05) is 48.5 Å². The maximum Gasteiger partial charge on any atom is 0.222 e. The van der Waals surface area contributed by atoms with Gasteiger partial charge >= 0.3 is 0 Å². The van der Waals surface area contributed by atoms with E-state index in [4.69, 9.17) is 14.2 Å². The number of hydrogen-bond donors (Lipinski definition) is 1. The molecule has 0 bridgehead atoms. The van der Waals surface area contributed by atoms with Gasteiger partial charge in [0.05, 0.1) is 21.3 Å². The number of rotatable bonds is 9. The number of hydrogen-bond acceptors (Lipinski definition) is 5. The summed E-state index contributed by atoms with van der Waals surface area (Å²) in [6.07, 6.45) is 1.07. The van der Waals surface area contributed by atoms with E-state index < -0.39 is 0 Å². The van der Waals surface area contributed by atoms with E-state index in [1.165, 1.54) is 0 Å². The number of ether oxygens (including phenoxy) is 3. The molecular formula is C16H27ClN2O4. The van der Waals surface area contributed by atoms with Gasteiger partial charge in [0.25, 0.3) is 0 Å². The molecule has 1 amide bonds. The third-order valence-corrected chi connectivity index (χ3v) is 3.48. The molecule has 0 aliphatic carbocycles. The van der Waals surface area contributed by atoms with Crippen LogP contribution < -0.4 is 19.5 Å². The second kappa shape index (κ2) is 11.0. The fourth-order valence-corrected chi connectivity index (χ4v) is 2.13. The highest BCUT2D eigenvalue weighted by molar-refractivity contribution is 5.85. The smallest absolute Gasteiger partial charge is 0.222 e. The summed E-state index contributed by atoms with van der Waals surface area (Å²) in [5.74, 6) is 1.89. The molecule has 0 radical (unpaired) electrons. The van der Waals surface area contributed by atoms with E-state index in [0.29, 0.717) is 36.6 Å². The minimum absolute atomic E-state index is 0. The normalized spacial score (nSPS) is 9.78. The number of amides is 1. The van der Waals surface area contributed by atoms with E-state index >= 15 is 0 Å². The molecule has 0 atom stereocenters. The summed E-state index contributed by atoms with van der Waals surface area (Å²) in [5, 5.41) is 3.03. The zero-order chi connectivity index (χ0) is 16.5. The van der Waals surface area contributed by atoms with E-state index in [1.54, 1.807) is 26.2 Å². The molecule has 0 aromatic heterocycles.